The van der Waals surface area contributed by atoms with Crippen LogP contribution in [0.15, 0.2) is 22.7 Å². The van der Waals surface area contributed by atoms with E-state index in [9.17, 15) is 4.39 Å². The van der Waals surface area contributed by atoms with Crippen molar-refractivity contribution in [2.45, 2.75) is 25.3 Å². The SMILES string of the molecule is COc1cc(-c2noc([C@H]3CCCCN3)n2)ccc1F. The number of ether oxygens (including phenoxy) is 1. The van der Waals surface area contributed by atoms with Crippen LogP contribution in [-0.2, 0) is 0 Å². The lowest BCUT2D eigenvalue weighted by Gasteiger charge is -2.19. The Bertz CT molecular complexity index is 594. The molecule has 106 valence electrons. The average Bonchev–Trinajstić information content (AvgIpc) is 2.98. The van der Waals surface area contributed by atoms with Crippen molar-refractivity contribution in [2.75, 3.05) is 13.7 Å². The molecule has 2 aromatic rings. The molecule has 1 aromatic carbocycles. The van der Waals surface area contributed by atoms with Crippen molar-refractivity contribution >= 4 is 0 Å². The van der Waals surface area contributed by atoms with Crippen LogP contribution in [0.5, 0.6) is 5.75 Å². The fourth-order valence-electron chi connectivity index (χ4n) is 2.36. The van der Waals surface area contributed by atoms with Crippen LogP contribution in [0.4, 0.5) is 4.39 Å². The predicted molar refractivity (Wildman–Crippen MR) is 70.8 cm³/mol. The molecule has 6 heteroatoms. The molecular formula is C14H16FN3O2. The lowest BCUT2D eigenvalue weighted by atomic mass is 10.1. The molecule has 0 amide bonds. The summed E-state index contributed by atoms with van der Waals surface area (Å²) < 4.78 is 23.6. The Kier molecular flexibility index (Phi) is 3.64. The van der Waals surface area contributed by atoms with E-state index in [1.165, 1.54) is 19.6 Å². The Labute approximate surface area is 116 Å². The quantitative estimate of drug-likeness (QED) is 0.934. The monoisotopic (exact) mass is 277 g/mol. The number of hydrogen-bond acceptors (Lipinski definition) is 5. The highest BCUT2D eigenvalue weighted by molar-refractivity contribution is 5.57. The molecule has 2 heterocycles. The van der Waals surface area contributed by atoms with Gasteiger partial charge in [0.05, 0.1) is 13.2 Å². The fourth-order valence-corrected chi connectivity index (χ4v) is 2.36. The molecule has 0 aliphatic carbocycles. The van der Waals surface area contributed by atoms with E-state index in [0.29, 0.717) is 17.3 Å². The first-order valence-corrected chi connectivity index (χ1v) is 6.69. The molecule has 0 bridgehead atoms. The van der Waals surface area contributed by atoms with Gasteiger partial charge in [0.1, 0.15) is 0 Å². The predicted octanol–water partition coefficient (Wildman–Crippen LogP) is 2.70. The van der Waals surface area contributed by atoms with Gasteiger partial charge in [0.15, 0.2) is 11.6 Å². The van der Waals surface area contributed by atoms with Gasteiger partial charge in [-0.3, -0.25) is 0 Å². The van der Waals surface area contributed by atoms with Crippen molar-refractivity contribution in [1.82, 2.24) is 15.5 Å². The minimum Gasteiger partial charge on any atom is -0.494 e. The van der Waals surface area contributed by atoms with Gasteiger partial charge < -0.3 is 14.6 Å². The zero-order valence-electron chi connectivity index (χ0n) is 11.2. The van der Waals surface area contributed by atoms with Crippen LogP contribution in [0.1, 0.15) is 31.2 Å². The number of aromatic nitrogens is 2. The lowest BCUT2D eigenvalue weighted by molar-refractivity contribution is 0.297. The summed E-state index contributed by atoms with van der Waals surface area (Å²) in [7, 11) is 1.43. The van der Waals surface area contributed by atoms with Crippen molar-refractivity contribution in [2.24, 2.45) is 0 Å². The standard InChI is InChI=1S/C14H16FN3O2/c1-19-12-8-9(5-6-10(12)15)13-17-14(20-18-13)11-4-2-3-7-16-11/h5-6,8,11,16H,2-4,7H2,1H3/t11-/m1/s1. The average molecular weight is 277 g/mol. The molecule has 1 atom stereocenters. The van der Waals surface area contributed by atoms with E-state index in [1.54, 1.807) is 12.1 Å². The van der Waals surface area contributed by atoms with Crippen LogP contribution in [0.2, 0.25) is 0 Å². The van der Waals surface area contributed by atoms with Crippen LogP contribution >= 0.6 is 0 Å². The van der Waals surface area contributed by atoms with E-state index in [1.807, 2.05) is 0 Å². The normalized spacial score (nSPS) is 19.0. The van der Waals surface area contributed by atoms with E-state index in [2.05, 4.69) is 15.5 Å². The van der Waals surface area contributed by atoms with Crippen molar-refractivity contribution in [3.63, 3.8) is 0 Å². The van der Waals surface area contributed by atoms with Gasteiger partial charge in [0, 0.05) is 5.56 Å². The largest absolute Gasteiger partial charge is 0.494 e. The summed E-state index contributed by atoms with van der Waals surface area (Å²) in [6.07, 6.45) is 3.32. The summed E-state index contributed by atoms with van der Waals surface area (Å²) in [5.74, 6) is 0.798. The van der Waals surface area contributed by atoms with Gasteiger partial charge in [-0.25, -0.2) is 4.39 Å². The maximum Gasteiger partial charge on any atom is 0.244 e. The molecule has 1 aromatic heterocycles. The molecule has 0 spiro atoms. The number of rotatable bonds is 3. The van der Waals surface area contributed by atoms with Crippen LogP contribution in [-0.4, -0.2) is 23.8 Å². The Morgan fingerprint density at radius 3 is 3.05 bits per heavy atom. The van der Waals surface area contributed by atoms with Gasteiger partial charge >= 0.3 is 0 Å². The maximum atomic E-state index is 13.4. The first-order chi connectivity index (χ1) is 9.78. The third kappa shape index (κ3) is 2.51. The Morgan fingerprint density at radius 1 is 1.40 bits per heavy atom. The highest BCUT2D eigenvalue weighted by Gasteiger charge is 2.21. The van der Waals surface area contributed by atoms with Crippen LogP contribution < -0.4 is 10.1 Å². The lowest BCUT2D eigenvalue weighted by Crippen LogP contribution is -2.26. The summed E-state index contributed by atoms with van der Waals surface area (Å²) in [5, 5.41) is 7.31. The molecule has 5 nitrogen and oxygen atoms in total. The molecule has 1 aliphatic heterocycles. The summed E-state index contributed by atoms with van der Waals surface area (Å²) in [5.41, 5.74) is 0.675. The van der Waals surface area contributed by atoms with E-state index in [-0.39, 0.29) is 11.8 Å². The van der Waals surface area contributed by atoms with Crippen molar-refractivity contribution in [3.8, 4) is 17.1 Å². The third-order valence-corrected chi connectivity index (χ3v) is 3.46. The Balaban J connectivity index is 1.85. The van der Waals surface area contributed by atoms with E-state index in [4.69, 9.17) is 9.26 Å². The molecule has 1 aliphatic rings. The number of halogens is 1. The zero-order valence-corrected chi connectivity index (χ0v) is 11.2. The summed E-state index contributed by atoms with van der Waals surface area (Å²) in [4.78, 5) is 4.39. The number of nitrogens with one attached hydrogen (secondary N) is 1. The molecule has 0 radical (unpaired) electrons. The molecule has 1 saturated heterocycles. The molecule has 0 unspecified atom stereocenters. The zero-order chi connectivity index (χ0) is 13.9. The van der Waals surface area contributed by atoms with E-state index in [0.717, 1.165) is 19.4 Å². The highest BCUT2D eigenvalue weighted by Crippen LogP contribution is 2.27. The number of methoxy groups -OCH3 is 1. The summed E-state index contributed by atoms with van der Waals surface area (Å²) >= 11 is 0. The van der Waals surface area contributed by atoms with Crippen LogP contribution in [0.25, 0.3) is 11.4 Å². The van der Waals surface area contributed by atoms with Gasteiger partial charge in [-0.15, -0.1) is 0 Å². The molecule has 3 rings (SSSR count). The first kappa shape index (κ1) is 13.1. The van der Waals surface area contributed by atoms with E-state index < -0.39 is 5.82 Å². The topological polar surface area (TPSA) is 60.2 Å². The number of nitrogens with zero attached hydrogens (tertiary/aromatic N) is 2. The van der Waals surface area contributed by atoms with Crippen LogP contribution in [0.3, 0.4) is 0 Å². The molecule has 20 heavy (non-hydrogen) atoms. The smallest absolute Gasteiger partial charge is 0.244 e. The maximum absolute atomic E-state index is 13.4. The fraction of sp³-hybridized carbons (Fsp3) is 0.429. The molecule has 1 N–H and O–H groups in total. The summed E-state index contributed by atoms with van der Waals surface area (Å²) in [6, 6.07) is 4.63. The van der Waals surface area contributed by atoms with Gasteiger partial charge in [-0.1, -0.05) is 11.6 Å². The second-order valence-corrected chi connectivity index (χ2v) is 4.81. The van der Waals surface area contributed by atoms with Crippen molar-refractivity contribution in [3.05, 3.63) is 29.9 Å². The number of piperidine rings is 1. The molecule has 0 saturated carbocycles. The van der Waals surface area contributed by atoms with Crippen molar-refractivity contribution in [1.29, 1.82) is 0 Å². The number of benzene rings is 1. The van der Waals surface area contributed by atoms with E-state index >= 15 is 0 Å². The third-order valence-electron chi connectivity index (χ3n) is 3.46. The van der Waals surface area contributed by atoms with Gasteiger partial charge in [-0.2, -0.15) is 4.98 Å². The summed E-state index contributed by atoms with van der Waals surface area (Å²) in [6.45, 7) is 0.965. The Hall–Kier alpha value is -1.95. The van der Waals surface area contributed by atoms with Gasteiger partial charge in [0.25, 0.3) is 0 Å². The highest BCUT2D eigenvalue weighted by atomic mass is 19.1. The number of hydrogen-bond donors (Lipinski definition) is 1. The van der Waals surface area contributed by atoms with Gasteiger partial charge in [0.2, 0.25) is 11.7 Å². The molecular weight excluding hydrogens is 261 g/mol. The Morgan fingerprint density at radius 2 is 2.30 bits per heavy atom. The van der Waals surface area contributed by atoms with Gasteiger partial charge in [-0.05, 0) is 37.6 Å². The molecule has 1 fully saturated rings. The van der Waals surface area contributed by atoms with Crippen LogP contribution in [0, 0.1) is 5.82 Å². The second kappa shape index (κ2) is 5.58. The minimum atomic E-state index is -0.408. The van der Waals surface area contributed by atoms with Crippen molar-refractivity contribution < 1.29 is 13.7 Å². The minimum absolute atomic E-state index is 0.118. The first-order valence-electron chi connectivity index (χ1n) is 6.69. The second-order valence-electron chi connectivity index (χ2n) is 4.81.